The Kier molecular flexibility index (Phi) is 4.96. The van der Waals surface area contributed by atoms with Crippen LogP contribution < -0.4 is 5.73 Å². The Morgan fingerprint density at radius 3 is 2.45 bits per heavy atom. The molecule has 4 nitrogen and oxygen atoms in total. The van der Waals surface area contributed by atoms with Gasteiger partial charge in [0.05, 0.1) is 22.4 Å². The largest absolute Gasteiger partial charge is 0.375 e. The number of nitrogens with two attached hydrogens (primary N) is 1. The number of hydrogen-bond acceptors (Lipinski definition) is 3. The Balaban J connectivity index is 2.39. The molecule has 0 saturated heterocycles. The molecule has 108 valence electrons. The number of hydrogen-bond donors (Lipinski definition) is 1. The molecule has 0 aliphatic heterocycles. The van der Waals surface area contributed by atoms with Crippen LogP contribution in [0.2, 0.25) is 0 Å². The molecule has 2 rings (SSSR count). The monoisotopic (exact) mass is 337 g/mol. The highest BCUT2D eigenvalue weighted by Crippen LogP contribution is 2.34. The number of nitrogens with zero attached hydrogens (tertiary/aromatic N) is 2. The van der Waals surface area contributed by atoms with Crippen molar-refractivity contribution in [1.82, 2.24) is 9.78 Å². The van der Waals surface area contributed by atoms with Crippen LogP contribution in [0.25, 0.3) is 0 Å². The average Bonchev–Trinajstić information content (AvgIpc) is 2.82. The van der Waals surface area contributed by atoms with E-state index in [1.807, 2.05) is 35.0 Å². The SMILES string of the molecule is COC(c1ccccc1)C(N)c1c(Br)cnn1C(C)C. The van der Waals surface area contributed by atoms with E-state index in [-0.39, 0.29) is 18.2 Å². The zero-order valence-corrected chi connectivity index (χ0v) is 13.5. The quantitative estimate of drug-likeness (QED) is 0.906. The van der Waals surface area contributed by atoms with Crippen molar-refractivity contribution in [2.75, 3.05) is 7.11 Å². The summed E-state index contributed by atoms with van der Waals surface area (Å²) in [6.07, 6.45) is 1.58. The first kappa shape index (κ1) is 15.2. The number of halogens is 1. The van der Waals surface area contributed by atoms with Gasteiger partial charge in [-0.05, 0) is 35.3 Å². The summed E-state index contributed by atoms with van der Waals surface area (Å²) in [5.74, 6) is 0. The molecule has 1 heterocycles. The highest BCUT2D eigenvalue weighted by atomic mass is 79.9. The highest BCUT2D eigenvalue weighted by Gasteiger charge is 2.27. The van der Waals surface area contributed by atoms with Crippen LogP contribution in [0.1, 0.15) is 43.3 Å². The van der Waals surface area contributed by atoms with Gasteiger partial charge in [-0.2, -0.15) is 5.10 Å². The van der Waals surface area contributed by atoms with Crippen LogP contribution in [0.4, 0.5) is 0 Å². The third kappa shape index (κ3) is 2.95. The highest BCUT2D eigenvalue weighted by molar-refractivity contribution is 9.10. The molecule has 5 heteroatoms. The van der Waals surface area contributed by atoms with Crippen molar-refractivity contribution in [1.29, 1.82) is 0 Å². The van der Waals surface area contributed by atoms with Gasteiger partial charge in [0.2, 0.25) is 0 Å². The van der Waals surface area contributed by atoms with Gasteiger partial charge in [0.25, 0.3) is 0 Å². The summed E-state index contributed by atoms with van der Waals surface area (Å²) in [5.41, 5.74) is 8.47. The van der Waals surface area contributed by atoms with Crippen molar-refractivity contribution in [3.8, 4) is 0 Å². The van der Waals surface area contributed by atoms with E-state index in [1.54, 1.807) is 13.3 Å². The van der Waals surface area contributed by atoms with Crippen LogP contribution in [0.15, 0.2) is 41.0 Å². The number of rotatable bonds is 5. The molecule has 2 aromatic rings. The van der Waals surface area contributed by atoms with Gasteiger partial charge in [-0.25, -0.2) is 0 Å². The maximum atomic E-state index is 6.45. The lowest BCUT2D eigenvalue weighted by molar-refractivity contribution is 0.0769. The third-order valence-electron chi connectivity index (χ3n) is 3.30. The van der Waals surface area contributed by atoms with Gasteiger partial charge in [-0.1, -0.05) is 30.3 Å². The zero-order valence-electron chi connectivity index (χ0n) is 12.0. The van der Waals surface area contributed by atoms with Gasteiger partial charge in [0.15, 0.2) is 0 Å². The Labute approximate surface area is 128 Å². The smallest absolute Gasteiger partial charge is 0.103 e. The van der Waals surface area contributed by atoms with Crippen LogP contribution in [0.3, 0.4) is 0 Å². The molecule has 0 aliphatic carbocycles. The fraction of sp³-hybridized carbons (Fsp3) is 0.400. The van der Waals surface area contributed by atoms with E-state index >= 15 is 0 Å². The molecule has 0 radical (unpaired) electrons. The first-order chi connectivity index (χ1) is 9.56. The number of aromatic nitrogens is 2. The Morgan fingerprint density at radius 2 is 1.90 bits per heavy atom. The van der Waals surface area contributed by atoms with Crippen molar-refractivity contribution in [3.05, 3.63) is 52.3 Å². The van der Waals surface area contributed by atoms with Crippen LogP contribution in [-0.2, 0) is 4.74 Å². The standard InChI is InChI=1S/C15H20BrN3O/c1-10(2)19-14(12(16)9-18-19)13(17)15(20-3)11-7-5-4-6-8-11/h4-10,13,15H,17H2,1-3H3. The Bertz CT molecular complexity index is 554. The second kappa shape index (κ2) is 6.52. The molecule has 2 atom stereocenters. The molecule has 1 aromatic carbocycles. The molecular formula is C15H20BrN3O. The lowest BCUT2D eigenvalue weighted by Gasteiger charge is -2.25. The molecule has 0 fully saturated rings. The van der Waals surface area contributed by atoms with E-state index < -0.39 is 0 Å². The van der Waals surface area contributed by atoms with Gasteiger partial charge < -0.3 is 10.5 Å². The average molecular weight is 338 g/mol. The molecular weight excluding hydrogens is 318 g/mol. The predicted molar refractivity (Wildman–Crippen MR) is 83.4 cm³/mol. The minimum absolute atomic E-state index is 0.207. The first-order valence-corrected chi connectivity index (χ1v) is 7.41. The van der Waals surface area contributed by atoms with Crippen LogP contribution in [-0.4, -0.2) is 16.9 Å². The lowest BCUT2D eigenvalue weighted by Crippen LogP contribution is -2.25. The maximum absolute atomic E-state index is 6.45. The lowest BCUT2D eigenvalue weighted by atomic mass is 10.00. The Hall–Kier alpha value is -1.17. The molecule has 2 N–H and O–H groups in total. The molecule has 20 heavy (non-hydrogen) atoms. The molecule has 0 bridgehead atoms. The van der Waals surface area contributed by atoms with E-state index in [2.05, 4.69) is 34.9 Å². The minimum atomic E-state index is -0.290. The van der Waals surface area contributed by atoms with Crippen molar-refractivity contribution in [2.45, 2.75) is 32.0 Å². The molecule has 2 unspecified atom stereocenters. The molecule has 1 aromatic heterocycles. The summed E-state index contributed by atoms with van der Waals surface area (Å²) in [4.78, 5) is 0. The number of methoxy groups -OCH3 is 1. The summed E-state index contributed by atoms with van der Waals surface area (Å²) >= 11 is 3.54. The normalized spacial score (nSPS) is 14.5. The summed E-state index contributed by atoms with van der Waals surface area (Å²) in [5, 5.41) is 4.38. The Morgan fingerprint density at radius 1 is 1.25 bits per heavy atom. The number of benzene rings is 1. The maximum Gasteiger partial charge on any atom is 0.103 e. The van der Waals surface area contributed by atoms with Crippen molar-refractivity contribution < 1.29 is 4.74 Å². The van der Waals surface area contributed by atoms with Gasteiger partial charge in [-0.15, -0.1) is 0 Å². The molecule has 0 spiro atoms. The fourth-order valence-electron chi connectivity index (χ4n) is 2.35. The third-order valence-corrected chi connectivity index (χ3v) is 3.91. The second-order valence-corrected chi connectivity index (χ2v) is 5.86. The summed E-state index contributed by atoms with van der Waals surface area (Å²) in [6, 6.07) is 9.97. The molecule has 0 saturated carbocycles. The minimum Gasteiger partial charge on any atom is -0.375 e. The van der Waals surface area contributed by atoms with E-state index in [1.165, 1.54) is 0 Å². The van der Waals surface area contributed by atoms with Gasteiger partial charge in [-0.3, -0.25) is 4.68 Å². The summed E-state index contributed by atoms with van der Waals surface area (Å²) in [7, 11) is 1.68. The predicted octanol–water partition coefficient (Wildman–Crippen LogP) is 3.61. The zero-order chi connectivity index (χ0) is 14.7. The fourth-order valence-corrected chi connectivity index (χ4v) is 2.89. The van der Waals surface area contributed by atoms with E-state index in [0.717, 1.165) is 15.7 Å². The molecule has 0 amide bonds. The second-order valence-electron chi connectivity index (χ2n) is 5.01. The van der Waals surface area contributed by atoms with Gasteiger partial charge >= 0.3 is 0 Å². The molecule has 0 aliphatic rings. The van der Waals surface area contributed by atoms with Crippen LogP contribution >= 0.6 is 15.9 Å². The van der Waals surface area contributed by atoms with E-state index in [9.17, 15) is 0 Å². The topological polar surface area (TPSA) is 53.1 Å². The van der Waals surface area contributed by atoms with Crippen LogP contribution in [0, 0.1) is 0 Å². The van der Waals surface area contributed by atoms with Crippen molar-refractivity contribution >= 4 is 15.9 Å². The van der Waals surface area contributed by atoms with Gasteiger partial charge in [0, 0.05) is 13.2 Å². The van der Waals surface area contributed by atoms with Crippen molar-refractivity contribution in [2.24, 2.45) is 5.73 Å². The van der Waals surface area contributed by atoms with Gasteiger partial charge in [0.1, 0.15) is 6.10 Å². The van der Waals surface area contributed by atoms with E-state index in [0.29, 0.717) is 0 Å². The van der Waals surface area contributed by atoms with Crippen LogP contribution in [0.5, 0.6) is 0 Å². The van der Waals surface area contributed by atoms with Crippen molar-refractivity contribution in [3.63, 3.8) is 0 Å². The number of ether oxygens (including phenoxy) is 1. The summed E-state index contributed by atoms with van der Waals surface area (Å²) in [6.45, 7) is 4.17. The van der Waals surface area contributed by atoms with E-state index in [4.69, 9.17) is 10.5 Å². The summed E-state index contributed by atoms with van der Waals surface area (Å²) < 4.78 is 8.47. The first-order valence-electron chi connectivity index (χ1n) is 6.62.